The number of carbonyl (C=O) groups is 1. The molecule has 2 aromatic carbocycles. The minimum Gasteiger partial charge on any atom is -0.392 e. The summed E-state index contributed by atoms with van der Waals surface area (Å²) in [6, 6.07) is 11.0. The summed E-state index contributed by atoms with van der Waals surface area (Å²) in [5.74, 6) is -0.358. The average molecular weight is 286 g/mol. The lowest BCUT2D eigenvalue weighted by molar-refractivity contribution is -0.385. The first kappa shape index (κ1) is 14.7. The predicted octanol–water partition coefficient (Wildman–Crippen LogP) is 2.65. The normalized spacial score (nSPS) is 10.2. The van der Waals surface area contributed by atoms with Gasteiger partial charge in [0.2, 0.25) is 0 Å². The molecular weight excluding hydrogens is 272 g/mol. The molecule has 6 nitrogen and oxygen atoms in total. The van der Waals surface area contributed by atoms with Crippen LogP contribution in [-0.2, 0) is 6.61 Å². The van der Waals surface area contributed by atoms with Crippen LogP contribution in [0.3, 0.4) is 0 Å². The SMILES string of the molecule is Cc1cc(C(=O)Nc2cccc(CO)c2)ccc1[N+](=O)[O-]. The maximum absolute atomic E-state index is 12.1. The minimum absolute atomic E-state index is 0.0196. The van der Waals surface area contributed by atoms with Crippen molar-refractivity contribution in [2.24, 2.45) is 0 Å². The molecule has 2 aromatic rings. The number of hydrogen-bond donors (Lipinski definition) is 2. The van der Waals surface area contributed by atoms with Gasteiger partial charge in [-0.1, -0.05) is 12.1 Å². The lowest BCUT2D eigenvalue weighted by Gasteiger charge is -2.07. The number of rotatable bonds is 4. The van der Waals surface area contributed by atoms with Crippen LogP contribution in [0.25, 0.3) is 0 Å². The minimum atomic E-state index is -0.484. The summed E-state index contributed by atoms with van der Waals surface area (Å²) < 4.78 is 0. The summed E-state index contributed by atoms with van der Waals surface area (Å²) in [5, 5.41) is 22.5. The largest absolute Gasteiger partial charge is 0.392 e. The molecule has 0 unspecified atom stereocenters. The molecule has 0 aliphatic rings. The van der Waals surface area contributed by atoms with Crippen LogP contribution in [0.15, 0.2) is 42.5 Å². The van der Waals surface area contributed by atoms with Crippen molar-refractivity contribution in [1.29, 1.82) is 0 Å². The molecule has 0 aliphatic heterocycles. The summed E-state index contributed by atoms with van der Waals surface area (Å²) in [6.07, 6.45) is 0. The Morgan fingerprint density at radius 1 is 1.29 bits per heavy atom. The van der Waals surface area contributed by atoms with E-state index < -0.39 is 4.92 Å². The molecule has 0 aromatic heterocycles. The predicted molar refractivity (Wildman–Crippen MR) is 78.2 cm³/mol. The first-order chi connectivity index (χ1) is 10.0. The Kier molecular flexibility index (Phi) is 4.30. The maximum Gasteiger partial charge on any atom is 0.272 e. The molecule has 0 spiro atoms. The Morgan fingerprint density at radius 2 is 2.05 bits per heavy atom. The Labute approximate surface area is 121 Å². The quantitative estimate of drug-likeness (QED) is 0.667. The topological polar surface area (TPSA) is 92.5 Å². The second kappa shape index (κ2) is 6.15. The van der Waals surface area contributed by atoms with E-state index in [9.17, 15) is 14.9 Å². The van der Waals surface area contributed by atoms with Gasteiger partial charge in [0, 0.05) is 22.9 Å². The third-order valence-corrected chi connectivity index (χ3v) is 3.02. The zero-order valence-electron chi connectivity index (χ0n) is 11.4. The molecule has 0 saturated carbocycles. The van der Waals surface area contributed by atoms with Crippen LogP contribution in [0.1, 0.15) is 21.5 Å². The molecule has 0 heterocycles. The van der Waals surface area contributed by atoms with E-state index in [4.69, 9.17) is 5.11 Å². The van der Waals surface area contributed by atoms with Crippen molar-refractivity contribution in [2.75, 3.05) is 5.32 Å². The van der Waals surface area contributed by atoms with Crippen molar-refractivity contribution in [3.8, 4) is 0 Å². The number of hydrogen-bond acceptors (Lipinski definition) is 4. The number of benzene rings is 2. The van der Waals surface area contributed by atoms with Gasteiger partial charge in [-0.2, -0.15) is 0 Å². The highest BCUT2D eigenvalue weighted by Crippen LogP contribution is 2.20. The standard InChI is InChI=1S/C15H14N2O4/c1-10-7-12(5-6-14(10)17(20)21)15(19)16-13-4-2-3-11(8-13)9-18/h2-8,18H,9H2,1H3,(H,16,19). The van der Waals surface area contributed by atoms with Crippen molar-refractivity contribution >= 4 is 17.3 Å². The second-order valence-electron chi connectivity index (χ2n) is 4.57. The summed E-state index contributed by atoms with van der Waals surface area (Å²) in [4.78, 5) is 22.4. The number of nitrogens with zero attached hydrogens (tertiary/aromatic N) is 1. The van der Waals surface area contributed by atoms with Crippen LogP contribution >= 0.6 is 0 Å². The van der Waals surface area contributed by atoms with E-state index in [-0.39, 0.29) is 18.2 Å². The van der Waals surface area contributed by atoms with E-state index in [1.54, 1.807) is 31.2 Å². The molecule has 0 aliphatic carbocycles. The van der Waals surface area contributed by atoms with E-state index in [2.05, 4.69) is 5.32 Å². The highest BCUT2D eigenvalue weighted by molar-refractivity contribution is 6.04. The molecule has 0 bridgehead atoms. The number of amides is 1. The third kappa shape index (κ3) is 3.43. The van der Waals surface area contributed by atoms with Crippen LogP contribution in [0.5, 0.6) is 0 Å². The Morgan fingerprint density at radius 3 is 2.67 bits per heavy atom. The molecule has 21 heavy (non-hydrogen) atoms. The number of carbonyl (C=O) groups excluding carboxylic acids is 1. The fraction of sp³-hybridized carbons (Fsp3) is 0.133. The molecular formula is C15H14N2O4. The maximum atomic E-state index is 12.1. The van der Waals surface area contributed by atoms with Crippen molar-refractivity contribution in [2.45, 2.75) is 13.5 Å². The fourth-order valence-corrected chi connectivity index (χ4v) is 1.95. The third-order valence-electron chi connectivity index (χ3n) is 3.02. The van der Waals surface area contributed by atoms with E-state index in [0.717, 1.165) is 0 Å². The van der Waals surface area contributed by atoms with E-state index in [1.807, 2.05) is 0 Å². The Hall–Kier alpha value is -2.73. The van der Waals surface area contributed by atoms with Crippen molar-refractivity contribution in [3.63, 3.8) is 0 Å². The van der Waals surface area contributed by atoms with Crippen LogP contribution < -0.4 is 5.32 Å². The van der Waals surface area contributed by atoms with Gasteiger partial charge in [0.25, 0.3) is 11.6 Å². The molecule has 1 amide bonds. The van der Waals surface area contributed by atoms with E-state index >= 15 is 0 Å². The zero-order valence-corrected chi connectivity index (χ0v) is 11.4. The monoisotopic (exact) mass is 286 g/mol. The van der Waals surface area contributed by atoms with Crippen LogP contribution in [0.2, 0.25) is 0 Å². The van der Waals surface area contributed by atoms with Gasteiger partial charge in [-0.3, -0.25) is 14.9 Å². The fourth-order valence-electron chi connectivity index (χ4n) is 1.95. The lowest BCUT2D eigenvalue weighted by atomic mass is 10.1. The number of anilines is 1. The molecule has 0 atom stereocenters. The molecule has 2 rings (SSSR count). The first-order valence-corrected chi connectivity index (χ1v) is 6.27. The number of aliphatic hydroxyl groups is 1. The summed E-state index contributed by atoms with van der Waals surface area (Å²) in [5.41, 5.74) is 1.99. The summed E-state index contributed by atoms with van der Waals surface area (Å²) in [7, 11) is 0. The summed E-state index contributed by atoms with van der Waals surface area (Å²) in [6.45, 7) is 1.47. The summed E-state index contributed by atoms with van der Waals surface area (Å²) >= 11 is 0. The molecule has 2 N–H and O–H groups in total. The molecule has 0 radical (unpaired) electrons. The van der Waals surface area contributed by atoms with Crippen LogP contribution in [0, 0.1) is 17.0 Å². The number of nitro groups is 1. The molecule has 108 valence electrons. The van der Waals surface area contributed by atoms with Gasteiger partial charge in [0.05, 0.1) is 11.5 Å². The Balaban J connectivity index is 2.20. The Bertz CT molecular complexity index is 698. The molecule has 0 fully saturated rings. The van der Waals surface area contributed by atoms with Gasteiger partial charge in [0.15, 0.2) is 0 Å². The highest BCUT2D eigenvalue weighted by Gasteiger charge is 2.13. The van der Waals surface area contributed by atoms with Gasteiger partial charge in [-0.05, 0) is 36.8 Å². The smallest absolute Gasteiger partial charge is 0.272 e. The molecule has 6 heteroatoms. The van der Waals surface area contributed by atoms with Crippen molar-refractivity contribution < 1.29 is 14.8 Å². The van der Waals surface area contributed by atoms with Crippen molar-refractivity contribution in [1.82, 2.24) is 0 Å². The van der Waals surface area contributed by atoms with Crippen molar-refractivity contribution in [3.05, 3.63) is 69.3 Å². The van der Waals surface area contributed by atoms with Gasteiger partial charge in [-0.25, -0.2) is 0 Å². The zero-order chi connectivity index (χ0) is 15.4. The van der Waals surface area contributed by atoms with Gasteiger partial charge >= 0.3 is 0 Å². The lowest BCUT2D eigenvalue weighted by Crippen LogP contribution is -2.12. The highest BCUT2D eigenvalue weighted by atomic mass is 16.6. The first-order valence-electron chi connectivity index (χ1n) is 6.27. The van der Waals surface area contributed by atoms with Gasteiger partial charge < -0.3 is 10.4 Å². The average Bonchev–Trinajstić information content (AvgIpc) is 2.46. The molecule has 0 saturated heterocycles. The number of aryl methyl sites for hydroxylation is 1. The van der Waals surface area contributed by atoms with E-state index in [0.29, 0.717) is 22.4 Å². The number of nitrogens with one attached hydrogen (secondary N) is 1. The van der Waals surface area contributed by atoms with Crippen LogP contribution in [0.4, 0.5) is 11.4 Å². The second-order valence-corrected chi connectivity index (χ2v) is 4.57. The number of nitro benzene ring substituents is 1. The van der Waals surface area contributed by atoms with E-state index in [1.165, 1.54) is 18.2 Å². The van der Waals surface area contributed by atoms with Gasteiger partial charge in [0.1, 0.15) is 0 Å². The van der Waals surface area contributed by atoms with Gasteiger partial charge in [-0.15, -0.1) is 0 Å². The number of aliphatic hydroxyl groups excluding tert-OH is 1. The van der Waals surface area contributed by atoms with Crippen LogP contribution in [-0.4, -0.2) is 15.9 Å².